The van der Waals surface area contributed by atoms with Crippen LogP contribution < -0.4 is 0 Å². The topological polar surface area (TPSA) is 26.3 Å². The molecule has 1 aliphatic rings. The van der Waals surface area contributed by atoms with Crippen molar-refractivity contribution in [1.29, 1.82) is 0 Å². The number of hydrogen-bond acceptors (Lipinski definition) is 2. The molecule has 2 atom stereocenters. The Labute approximate surface area is 55.2 Å². The maximum atomic E-state index is 10.7. The highest BCUT2D eigenvalue weighted by Crippen LogP contribution is 2.25. The number of Topliss-reactive ketones (excluding diaryl/α,β-unsaturated/α-hetero) is 1. The highest BCUT2D eigenvalue weighted by atomic mass is 16.5. The molecule has 0 heterocycles. The van der Waals surface area contributed by atoms with Gasteiger partial charge in [0.05, 0.1) is 0 Å². The second-order valence-electron chi connectivity index (χ2n) is 2.52. The normalized spacial score (nSPS) is 34.2. The molecule has 0 saturated heterocycles. The molecule has 1 fully saturated rings. The number of rotatable bonds is 2. The summed E-state index contributed by atoms with van der Waals surface area (Å²) in [6.45, 7) is 4.61. The Balaban J connectivity index is 2.30. The van der Waals surface area contributed by atoms with Crippen LogP contribution >= 0.6 is 0 Å². The maximum Gasteiger partial charge on any atom is 0.162 e. The number of ether oxygens (including phenoxy) is 1. The Morgan fingerprint density at radius 3 is 2.67 bits per heavy atom. The smallest absolute Gasteiger partial charge is 0.162 e. The molecule has 0 spiro atoms. The van der Waals surface area contributed by atoms with Gasteiger partial charge in [0, 0.05) is 13.0 Å². The standard InChI is InChI=1S/C7H12O2/c1-3-9-7-5(2)4-6(7)8/h5,7H,3-4H2,1-2H3/t5-,7-/m0/s1. The van der Waals surface area contributed by atoms with E-state index in [0.717, 1.165) is 0 Å². The van der Waals surface area contributed by atoms with Gasteiger partial charge in [0.15, 0.2) is 5.78 Å². The molecular formula is C7H12O2. The number of carbonyl (C=O) groups is 1. The summed E-state index contributed by atoms with van der Waals surface area (Å²) in [6.07, 6.45) is 0.639. The van der Waals surface area contributed by atoms with Crippen molar-refractivity contribution >= 4 is 5.78 Å². The van der Waals surface area contributed by atoms with Crippen LogP contribution in [0.1, 0.15) is 20.3 Å². The van der Waals surface area contributed by atoms with E-state index in [2.05, 4.69) is 0 Å². The molecule has 0 radical (unpaired) electrons. The lowest BCUT2D eigenvalue weighted by Gasteiger charge is -2.31. The quantitative estimate of drug-likeness (QED) is 0.554. The maximum absolute atomic E-state index is 10.7. The monoisotopic (exact) mass is 128 g/mol. The molecular weight excluding hydrogens is 116 g/mol. The van der Waals surface area contributed by atoms with Crippen LogP contribution in [-0.2, 0) is 9.53 Å². The highest BCUT2D eigenvalue weighted by molar-refractivity contribution is 5.89. The van der Waals surface area contributed by atoms with Gasteiger partial charge in [0.2, 0.25) is 0 Å². The number of hydrogen-bond donors (Lipinski definition) is 0. The fraction of sp³-hybridized carbons (Fsp3) is 0.857. The van der Waals surface area contributed by atoms with Gasteiger partial charge in [-0.05, 0) is 12.8 Å². The van der Waals surface area contributed by atoms with Crippen molar-refractivity contribution in [3.05, 3.63) is 0 Å². The van der Waals surface area contributed by atoms with E-state index in [1.165, 1.54) is 0 Å². The molecule has 0 aromatic rings. The van der Waals surface area contributed by atoms with Gasteiger partial charge < -0.3 is 4.74 Å². The van der Waals surface area contributed by atoms with Gasteiger partial charge in [-0.3, -0.25) is 4.79 Å². The van der Waals surface area contributed by atoms with Crippen molar-refractivity contribution < 1.29 is 9.53 Å². The van der Waals surface area contributed by atoms with E-state index in [-0.39, 0.29) is 11.9 Å². The Morgan fingerprint density at radius 1 is 1.78 bits per heavy atom. The van der Waals surface area contributed by atoms with Crippen LogP contribution in [0.15, 0.2) is 0 Å². The second kappa shape index (κ2) is 2.48. The first-order valence-corrected chi connectivity index (χ1v) is 3.40. The van der Waals surface area contributed by atoms with Gasteiger partial charge in [-0.15, -0.1) is 0 Å². The zero-order chi connectivity index (χ0) is 6.85. The number of ketones is 1. The third-order valence-electron chi connectivity index (χ3n) is 1.70. The lowest BCUT2D eigenvalue weighted by Crippen LogP contribution is -2.42. The molecule has 52 valence electrons. The summed E-state index contributed by atoms with van der Waals surface area (Å²) in [4.78, 5) is 10.7. The molecule has 1 saturated carbocycles. The van der Waals surface area contributed by atoms with Crippen LogP contribution in [-0.4, -0.2) is 18.5 Å². The zero-order valence-corrected chi connectivity index (χ0v) is 5.89. The molecule has 1 aliphatic carbocycles. The van der Waals surface area contributed by atoms with Gasteiger partial charge in [0.1, 0.15) is 6.10 Å². The SMILES string of the molecule is CCO[C@@H]1C(=O)C[C@@H]1C. The van der Waals surface area contributed by atoms with E-state index >= 15 is 0 Å². The van der Waals surface area contributed by atoms with Gasteiger partial charge in [-0.25, -0.2) is 0 Å². The summed E-state index contributed by atoms with van der Waals surface area (Å²) in [5.41, 5.74) is 0. The zero-order valence-electron chi connectivity index (χ0n) is 5.89. The fourth-order valence-electron chi connectivity index (χ4n) is 1.13. The molecule has 2 heteroatoms. The van der Waals surface area contributed by atoms with Gasteiger partial charge in [-0.1, -0.05) is 6.92 Å². The molecule has 9 heavy (non-hydrogen) atoms. The number of carbonyl (C=O) groups excluding carboxylic acids is 1. The Bertz CT molecular complexity index is 120. The van der Waals surface area contributed by atoms with Crippen LogP contribution in [0.5, 0.6) is 0 Å². The predicted octanol–water partition coefficient (Wildman–Crippen LogP) is 1.00. The van der Waals surface area contributed by atoms with Gasteiger partial charge >= 0.3 is 0 Å². The first-order chi connectivity index (χ1) is 4.25. The average molecular weight is 128 g/mol. The van der Waals surface area contributed by atoms with E-state index < -0.39 is 0 Å². The molecule has 0 aromatic carbocycles. The summed E-state index contributed by atoms with van der Waals surface area (Å²) in [7, 11) is 0. The third-order valence-corrected chi connectivity index (χ3v) is 1.70. The van der Waals surface area contributed by atoms with Crippen LogP contribution in [0.4, 0.5) is 0 Å². The summed E-state index contributed by atoms with van der Waals surface area (Å²) < 4.78 is 5.15. The molecule has 0 amide bonds. The van der Waals surface area contributed by atoms with Crippen molar-refractivity contribution in [2.24, 2.45) is 5.92 Å². The summed E-state index contributed by atoms with van der Waals surface area (Å²) in [5, 5.41) is 0. The van der Waals surface area contributed by atoms with Crippen molar-refractivity contribution in [2.75, 3.05) is 6.61 Å². The first kappa shape index (κ1) is 6.75. The minimum atomic E-state index is -0.0741. The van der Waals surface area contributed by atoms with Crippen molar-refractivity contribution in [3.63, 3.8) is 0 Å². The van der Waals surface area contributed by atoms with E-state index in [0.29, 0.717) is 18.9 Å². The Morgan fingerprint density at radius 2 is 2.44 bits per heavy atom. The molecule has 1 rings (SSSR count). The van der Waals surface area contributed by atoms with Crippen molar-refractivity contribution in [3.8, 4) is 0 Å². The van der Waals surface area contributed by atoms with E-state index in [1.807, 2.05) is 13.8 Å². The highest BCUT2D eigenvalue weighted by Gasteiger charge is 2.36. The Hall–Kier alpha value is -0.370. The third kappa shape index (κ3) is 1.13. The predicted molar refractivity (Wildman–Crippen MR) is 34.2 cm³/mol. The second-order valence-corrected chi connectivity index (χ2v) is 2.52. The molecule has 0 bridgehead atoms. The van der Waals surface area contributed by atoms with Crippen LogP contribution in [0.25, 0.3) is 0 Å². The lowest BCUT2D eigenvalue weighted by molar-refractivity contribution is -0.146. The largest absolute Gasteiger partial charge is 0.370 e. The first-order valence-electron chi connectivity index (χ1n) is 3.40. The molecule has 2 nitrogen and oxygen atoms in total. The van der Waals surface area contributed by atoms with E-state index in [9.17, 15) is 4.79 Å². The molecule has 0 unspecified atom stereocenters. The van der Waals surface area contributed by atoms with Gasteiger partial charge in [0.25, 0.3) is 0 Å². The Kier molecular flexibility index (Phi) is 1.86. The average Bonchev–Trinajstić information content (AvgIpc) is 1.84. The van der Waals surface area contributed by atoms with Crippen molar-refractivity contribution in [1.82, 2.24) is 0 Å². The molecule has 0 aliphatic heterocycles. The minimum absolute atomic E-state index is 0.0741. The van der Waals surface area contributed by atoms with Crippen LogP contribution in [0.2, 0.25) is 0 Å². The van der Waals surface area contributed by atoms with Crippen LogP contribution in [0.3, 0.4) is 0 Å². The minimum Gasteiger partial charge on any atom is -0.370 e. The summed E-state index contributed by atoms with van der Waals surface area (Å²) >= 11 is 0. The van der Waals surface area contributed by atoms with Gasteiger partial charge in [-0.2, -0.15) is 0 Å². The molecule has 0 N–H and O–H groups in total. The van der Waals surface area contributed by atoms with Crippen molar-refractivity contribution in [2.45, 2.75) is 26.4 Å². The van der Waals surface area contributed by atoms with Crippen LogP contribution in [0, 0.1) is 5.92 Å². The van der Waals surface area contributed by atoms with E-state index in [4.69, 9.17) is 4.74 Å². The van der Waals surface area contributed by atoms with E-state index in [1.54, 1.807) is 0 Å². The summed E-state index contributed by atoms with van der Waals surface area (Å²) in [5.74, 6) is 0.724. The molecule has 0 aromatic heterocycles. The lowest BCUT2D eigenvalue weighted by atomic mass is 9.82. The summed E-state index contributed by atoms with van der Waals surface area (Å²) in [6, 6.07) is 0. The fourth-order valence-corrected chi connectivity index (χ4v) is 1.13.